The van der Waals surface area contributed by atoms with Crippen molar-refractivity contribution in [3.8, 4) is 11.5 Å². The molecule has 1 N–H and O–H groups in total. The fourth-order valence-electron chi connectivity index (χ4n) is 3.27. The lowest BCUT2D eigenvalue weighted by atomic mass is 10.1. The van der Waals surface area contributed by atoms with Crippen LogP contribution in [-0.2, 0) is 4.79 Å². The molecule has 1 aliphatic rings. The molecule has 5 nitrogen and oxygen atoms in total. The monoisotopic (exact) mass is 472 g/mol. The topological polar surface area (TPSA) is 59.9 Å². The minimum absolute atomic E-state index is 0.192. The van der Waals surface area contributed by atoms with E-state index in [1.54, 1.807) is 19.3 Å². The van der Waals surface area contributed by atoms with Crippen LogP contribution in [0.4, 0.5) is 5.69 Å². The van der Waals surface area contributed by atoms with Crippen LogP contribution < -0.4 is 14.8 Å². The van der Waals surface area contributed by atoms with Crippen molar-refractivity contribution in [1.29, 1.82) is 0 Å². The smallest absolute Gasteiger partial charge is 0.264 e. The van der Waals surface area contributed by atoms with Gasteiger partial charge in [-0.1, -0.05) is 68.8 Å². The van der Waals surface area contributed by atoms with E-state index < -0.39 is 0 Å². The molecule has 1 fully saturated rings. The average molecular weight is 473 g/mol. The molecule has 0 bridgehead atoms. The molecule has 1 amide bonds. The van der Waals surface area contributed by atoms with Gasteiger partial charge in [0, 0.05) is 0 Å². The van der Waals surface area contributed by atoms with Crippen molar-refractivity contribution in [2.45, 2.75) is 45.4 Å². The number of para-hydroxylation sites is 1. The van der Waals surface area contributed by atoms with Crippen molar-refractivity contribution >= 4 is 46.2 Å². The molecular formula is C25H29ClN2O3S. The van der Waals surface area contributed by atoms with Gasteiger partial charge < -0.3 is 14.8 Å². The molecule has 170 valence electrons. The summed E-state index contributed by atoms with van der Waals surface area (Å²) >= 11 is 7.78. The van der Waals surface area contributed by atoms with Crippen molar-refractivity contribution in [3.05, 3.63) is 58.0 Å². The third kappa shape index (κ3) is 7.04. The predicted molar refractivity (Wildman–Crippen MR) is 134 cm³/mol. The van der Waals surface area contributed by atoms with Gasteiger partial charge in [-0.05, 0) is 54.1 Å². The van der Waals surface area contributed by atoms with Gasteiger partial charge in [0.05, 0.1) is 29.3 Å². The maximum atomic E-state index is 12.4. The van der Waals surface area contributed by atoms with Gasteiger partial charge in [0.2, 0.25) is 0 Å². The number of rotatable bonds is 11. The highest BCUT2D eigenvalue weighted by Crippen LogP contribution is 2.38. The number of carbonyl (C=O) groups is 1. The highest BCUT2D eigenvalue weighted by Gasteiger charge is 2.24. The van der Waals surface area contributed by atoms with Gasteiger partial charge in [-0.15, -0.1) is 0 Å². The molecule has 2 aromatic carbocycles. The van der Waals surface area contributed by atoms with Crippen LogP contribution in [-0.4, -0.2) is 24.8 Å². The van der Waals surface area contributed by atoms with Gasteiger partial charge in [0.1, 0.15) is 0 Å². The normalized spacial score (nSPS) is 15.9. The summed E-state index contributed by atoms with van der Waals surface area (Å²) in [6.45, 7) is 2.81. The fraction of sp³-hybridized carbons (Fsp3) is 0.360. The first-order valence-electron chi connectivity index (χ1n) is 11.0. The Balaban J connectivity index is 1.65. The quantitative estimate of drug-likeness (QED) is 0.283. The van der Waals surface area contributed by atoms with E-state index in [-0.39, 0.29) is 5.91 Å². The summed E-state index contributed by atoms with van der Waals surface area (Å²) in [4.78, 5) is 17.4. The number of thioether (sulfide) groups is 1. The van der Waals surface area contributed by atoms with Crippen molar-refractivity contribution in [2.75, 3.05) is 13.7 Å². The number of nitrogens with zero attached hydrogens (tertiary/aromatic N) is 1. The van der Waals surface area contributed by atoms with Crippen LogP contribution in [0, 0.1) is 0 Å². The summed E-state index contributed by atoms with van der Waals surface area (Å²) in [5, 5.41) is 3.80. The first kappa shape index (κ1) is 24.2. The summed E-state index contributed by atoms with van der Waals surface area (Å²) in [5.74, 6) is 0.903. The van der Waals surface area contributed by atoms with E-state index in [4.69, 9.17) is 21.1 Å². The Kier molecular flexibility index (Phi) is 9.50. The minimum atomic E-state index is -0.192. The third-order valence-corrected chi connectivity index (χ3v) is 6.12. The Morgan fingerprint density at radius 2 is 1.84 bits per heavy atom. The number of unbranched alkanes of at least 4 members (excludes halogenated alkanes) is 5. The Morgan fingerprint density at radius 3 is 2.59 bits per heavy atom. The number of amides is 1. The number of carbonyl (C=O) groups excluding carboxylic acids is 1. The number of amidine groups is 1. The Bertz CT molecular complexity index is 977. The lowest BCUT2D eigenvalue weighted by Gasteiger charge is -2.13. The van der Waals surface area contributed by atoms with Crippen molar-refractivity contribution < 1.29 is 14.3 Å². The van der Waals surface area contributed by atoms with E-state index in [1.165, 1.54) is 37.4 Å². The lowest BCUT2D eigenvalue weighted by molar-refractivity contribution is -0.115. The second kappa shape index (κ2) is 12.6. The number of ether oxygens (including phenoxy) is 2. The molecule has 0 radical (unpaired) electrons. The van der Waals surface area contributed by atoms with Gasteiger partial charge in [-0.3, -0.25) is 4.79 Å². The van der Waals surface area contributed by atoms with Gasteiger partial charge in [-0.2, -0.15) is 0 Å². The van der Waals surface area contributed by atoms with Gasteiger partial charge in [0.15, 0.2) is 16.7 Å². The average Bonchev–Trinajstić information content (AvgIpc) is 3.13. The molecule has 2 aromatic rings. The Labute approximate surface area is 199 Å². The molecule has 32 heavy (non-hydrogen) atoms. The highest BCUT2D eigenvalue weighted by molar-refractivity contribution is 8.18. The van der Waals surface area contributed by atoms with E-state index >= 15 is 0 Å². The van der Waals surface area contributed by atoms with Crippen LogP contribution in [0.15, 0.2) is 52.4 Å². The van der Waals surface area contributed by atoms with Gasteiger partial charge in [0.25, 0.3) is 5.91 Å². The van der Waals surface area contributed by atoms with Gasteiger partial charge in [-0.25, -0.2) is 4.99 Å². The largest absolute Gasteiger partial charge is 0.493 e. The molecular weight excluding hydrogens is 444 g/mol. The van der Waals surface area contributed by atoms with Crippen LogP contribution in [0.25, 0.3) is 6.08 Å². The second-order valence-electron chi connectivity index (χ2n) is 7.47. The van der Waals surface area contributed by atoms with Crippen LogP contribution in [0.1, 0.15) is 51.0 Å². The van der Waals surface area contributed by atoms with Crippen LogP contribution in [0.5, 0.6) is 11.5 Å². The molecule has 0 spiro atoms. The third-order valence-electron chi connectivity index (χ3n) is 4.93. The fourth-order valence-corrected chi connectivity index (χ4v) is 4.39. The van der Waals surface area contributed by atoms with E-state index in [2.05, 4.69) is 17.2 Å². The van der Waals surface area contributed by atoms with Crippen molar-refractivity contribution in [2.24, 2.45) is 4.99 Å². The molecule has 1 aliphatic heterocycles. The lowest BCUT2D eigenvalue weighted by Crippen LogP contribution is -2.19. The SMILES string of the molecule is CCCCCCCCOc1c(Cl)cc(C=C2SC(=Nc3ccccc3)NC2=O)cc1OC. The molecule has 7 heteroatoms. The molecule has 1 heterocycles. The molecule has 3 rings (SSSR count). The summed E-state index contributed by atoms with van der Waals surface area (Å²) in [7, 11) is 1.59. The van der Waals surface area contributed by atoms with E-state index in [1.807, 2.05) is 36.4 Å². The zero-order chi connectivity index (χ0) is 22.8. The molecule has 0 aliphatic carbocycles. The number of nitrogens with one attached hydrogen (secondary N) is 1. The number of hydrogen-bond acceptors (Lipinski definition) is 5. The van der Waals surface area contributed by atoms with E-state index in [0.29, 0.717) is 33.2 Å². The standard InChI is InChI=1S/C25H29ClN2O3S/c1-3-4-5-6-7-11-14-31-23-20(26)15-18(16-21(23)30-2)17-22-24(29)28-25(32-22)27-19-12-9-8-10-13-19/h8-10,12-13,15-17H,3-7,11,14H2,1-2H3,(H,27,28,29). The minimum Gasteiger partial charge on any atom is -0.493 e. The zero-order valence-electron chi connectivity index (χ0n) is 18.5. The summed E-state index contributed by atoms with van der Waals surface area (Å²) in [5.41, 5.74) is 1.55. The molecule has 0 atom stereocenters. The number of aliphatic imine (C=N–C) groups is 1. The molecule has 0 unspecified atom stereocenters. The van der Waals surface area contributed by atoms with Crippen LogP contribution in [0.2, 0.25) is 5.02 Å². The second-order valence-corrected chi connectivity index (χ2v) is 8.91. The number of hydrogen-bond donors (Lipinski definition) is 1. The predicted octanol–water partition coefficient (Wildman–Crippen LogP) is 6.98. The first-order valence-corrected chi connectivity index (χ1v) is 12.1. The number of methoxy groups -OCH3 is 1. The highest BCUT2D eigenvalue weighted by atomic mass is 35.5. The maximum Gasteiger partial charge on any atom is 0.264 e. The molecule has 1 saturated heterocycles. The number of benzene rings is 2. The van der Waals surface area contributed by atoms with Crippen molar-refractivity contribution in [1.82, 2.24) is 5.32 Å². The Hall–Kier alpha value is -2.44. The van der Waals surface area contributed by atoms with E-state index in [9.17, 15) is 4.79 Å². The van der Waals surface area contributed by atoms with Gasteiger partial charge >= 0.3 is 0 Å². The molecule has 0 saturated carbocycles. The summed E-state index contributed by atoms with van der Waals surface area (Å²) in [6.07, 6.45) is 8.93. The van der Waals surface area contributed by atoms with Crippen LogP contribution in [0.3, 0.4) is 0 Å². The Morgan fingerprint density at radius 1 is 1.09 bits per heavy atom. The van der Waals surface area contributed by atoms with Crippen molar-refractivity contribution in [3.63, 3.8) is 0 Å². The zero-order valence-corrected chi connectivity index (χ0v) is 20.1. The van der Waals surface area contributed by atoms with E-state index in [0.717, 1.165) is 24.1 Å². The number of halogens is 1. The first-order chi connectivity index (χ1) is 15.6. The molecule has 0 aromatic heterocycles. The maximum absolute atomic E-state index is 12.4. The summed E-state index contributed by atoms with van der Waals surface area (Å²) in [6, 6.07) is 13.1. The van der Waals surface area contributed by atoms with Crippen LogP contribution >= 0.6 is 23.4 Å². The summed E-state index contributed by atoms with van der Waals surface area (Å²) < 4.78 is 11.4.